The maximum atomic E-state index is 13.8. The second-order valence-electron chi connectivity index (χ2n) is 5.69. The van der Waals surface area contributed by atoms with Crippen LogP contribution in [0.1, 0.15) is 0 Å². The zero-order chi connectivity index (χ0) is 16.9. The fourth-order valence-corrected chi connectivity index (χ4v) is 2.83. The van der Waals surface area contributed by atoms with Crippen molar-refractivity contribution in [3.63, 3.8) is 0 Å². The summed E-state index contributed by atoms with van der Waals surface area (Å²) in [6.07, 6.45) is 1.69. The van der Waals surface area contributed by atoms with Gasteiger partial charge < -0.3 is 14.5 Å². The lowest BCUT2D eigenvalue weighted by Crippen LogP contribution is -2.49. The first-order valence-corrected chi connectivity index (χ1v) is 7.91. The van der Waals surface area contributed by atoms with E-state index in [0.717, 1.165) is 24.5 Å². The average molecular weight is 329 g/mol. The molecule has 1 aliphatic heterocycles. The summed E-state index contributed by atoms with van der Waals surface area (Å²) in [6.45, 7) is 2.87. The third-order valence-corrected chi connectivity index (χ3v) is 4.16. The van der Waals surface area contributed by atoms with Crippen LogP contribution in [0.2, 0.25) is 0 Å². The number of rotatable bonds is 4. The van der Waals surface area contributed by atoms with E-state index in [1.807, 2.05) is 18.2 Å². The second-order valence-corrected chi connectivity index (χ2v) is 5.69. The SMILES string of the molecule is COCC(=O)N1CCN(c2ccc(-c3ccccc3F)cn2)CC1. The van der Waals surface area contributed by atoms with Crippen molar-refractivity contribution >= 4 is 11.7 Å². The number of carbonyl (C=O) groups is 1. The molecule has 0 unspecified atom stereocenters. The van der Waals surface area contributed by atoms with Crippen LogP contribution in [-0.2, 0) is 9.53 Å². The van der Waals surface area contributed by atoms with Crippen molar-refractivity contribution in [2.45, 2.75) is 0 Å². The first kappa shape index (κ1) is 16.4. The first-order valence-electron chi connectivity index (χ1n) is 7.91. The zero-order valence-electron chi connectivity index (χ0n) is 13.6. The molecule has 6 heteroatoms. The molecule has 0 atom stereocenters. The molecule has 1 amide bonds. The minimum absolute atomic E-state index is 0.0139. The summed E-state index contributed by atoms with van der Waals surface area (Å²) in [5.41, 5.74) is 1.30. The molecular formula is C18H20FN3O2. The van der Waals surface area contributed by atoms with Crippen LogP contribution in [0, 0.1) is 5.82 Å². The van der Waals surface area contributed by atoms with Crippen molar-refractivity contribution in [2.24, 2.45) is 0 Å². The van der Waals surface area contributed by atoms with Crippen molar-refractivity contribution in [3.8, 4) is 11.1 Å². The minimum Gasteiger partial charge on any atom is -0.375 e. The molecule has 126 valence electrons. The summed E-state index contributed by atoms with van der Waals surface area (Å²) in [7, 11) is 1.52. The number of hydrogen-bond donors (Lipinski definition) is 0. The first-order chi connectivity index (χ1) is 11.7. The number of pyridine rings is 1. The lowest BCUT2D eigenvalue weighted by molar-refractivity contribution is -0.135. The van der Waals surface area contributed by atoms with E-state index in [1.54, 1.807) is 23.2 Å². The van der Waals surface area contributed by atoms with Crippen LogP contribution in [0.25, 0.3) is 11.1 Å². The number of carbonyl (C=O) groups excluding carboxylic acids is 1. The predicted molar refractivity (Wildman–Crippen MR) is 90.3 cm³/mol. The quantitative estimate of drug-likeness (QED) is 0.862. The lowest BCUT2D eigenvalue weighted by Gasteiger charge is -2.35. The summed E-state index contributed by atoms with van der Waals surface area (Å²) < 4.78 is 18.7. The molecule has 0 aliphatic carbocycles. The van der Waals surface area contributed by atoms with E-state index in [4.69, 9.17) is 4.74 Å². The molecule has 0 saturated carbocycles. The third-order valence-electron chi connectivity index (χ3n) is 4.16. The standard InChI is InChI=1S/C18H20FN3O2/c1-24-13-18(23)22-10-8-21(9-11-22)17-7-6-14(12-20-17)15-4-2-3-5-16(15)19/h2-7,12H,8-11,13H2,1H3. The van der Waals surface area contributed by atoms with Crippen LogP contribution in [0.3, 0.4) is 0 Å². The van der Waals surface area contributed by atoms with E-state index < -0.39 is 0 Å². The molecule has 3 rings (SSSR count). The van der Waals surface area contributed by atoms with Gasteiger partial charge in [-0.3, -0.25) is 4.79 Å². The van der Waals surface area contributed by atoms with Gasteiger partial charge in [0.25, 0.3) is 0 Å². The Morgan fingerprint density at radius 3 is 2.54 bits per heavy atom. The molecule has 0 bridgehead atoms. The van der Waals surface area contributed by atoms with Crippen LogP contribution < -0.4 is 4.90 Å². The van der Waals surface area contributed by atoms with Gasteiger partial charge in [0.2, 0.25) is 5.91 Å². The smallest absolute Gasteiger partial charge is 0.248 e. The number of benzene rings is 1. The van der Waals surface area contributed by atoms with Gasteiger partial charge in [0.1, 0.15) is 18.2 Å². The molecule has 2 aromatic rings. The summed E-state index contributed by atoms with van der Waals surface area (Å²) in [5.74, 6) is 0.603. The highest BCUT2D eigenvalue weighted by Crippen LogP contribution is 2.24. The van der Waals surface area contributed by atoms with Gasteiger partial charge >= 0.3 is 0 Å². The Kier molecular flexibility index (Phi) is 5.05. The normalized spacial score (nSPS) is 14.8. The number of methoxy groups -OCH3 is 1. The van der Waals surface area contributed by atoms with E-state index in [2.05, 4.69) is 9.88 Å². The van der Waals surface area contributed by atoms with Crippen LogP contribution in [-0.4, -0.2) is 55.7 Å². The van der Waals surface area contributed by atoms with Gasteiger partial charge in [-0.25, -0.2) is 9.37 Å². The highest BCUT2D eigenvalue weighted by molar-refractivity contribution is 5.77. The molecule has 24 heavy (non-hydrogen) atoms. The monoisotopic (exact) mass is 329 g/mol. The Labute approximate surface area is 140 Å². The summed E-state index contributed by atoms with van der Waals surface area (Å²) in [4.78, 5) is 20.2. The number of hydrogen-bond acceptors (Lipinski definition) is 4. The van der Waals surface area contributed by atoms with Crippen LogP contribution in [0.15, 0.2) is 42.6 Å². The Bertz CT molecular complexity index is 698. The molecular weight excluding hydrogens is 309 g/mol. The molecule has 1 fully saturated rings. The van der Waals surface area contributed by atoms with Gasteiger partial charge in [-0.1, -0.05) is 18.2 Å². The van der Waals surface area contributed by atoms with E-state index >= 15 is 0 Å². The number of piperazine rings is 1. The van der Waals surface area contributed by atoms with Gasteiger partial charge in [-0.15, -0.1) is 0 Å². The predicted octanol–water partition coefficient (Wildman–Crippen LogP) is 2.18. The molecule has 0 N–H and O–H groups in total. The van der Waals surface area contributed by atoms with Gasteiger partial charge in [-0.05, 0) is 18.2 Å². The van der Waals surface area contributed by atoms with E-state index in [-0.39, 0.29) is 18.3 Å². The fourth-order valence-electron chi connectivity index (χ4n) is 2.83. The number of ether oxygens (including phenoxy) is 1. The van der Waals surface area contributed by atoms with E-state index in [1.165, 1.54) is 13.2 Å². The van der Waals surface area contributed by atoms with E-state index in [9.17, 15) is 9.18 Å². The minimum atomic E-state index is -0.252. The van der Waals surface area contributed by atoms with Crippen molar-refractivity contribution in [2.75, 3.05) is 44.8 Å². The molecule has 1 aromatic heterocycles. The Morgan fingerprint density at radius 2 is 1.92 bits per heavy atom. The Balaban J connectivity index is 1.65. The Hall–Kier alpha value is -2.47. The van der Waals surface area contributed by atoms with Crippen LogP contribution in [0.4, 0.5) is 10.2 Å². The van der Waals surface area contributed by atoms with Crippen molar-refractivity contribution in [3.05, 3.63) is 48.4 Å². The number of aromatic nitrogens is 1. The zero-order valence-corrected chi connectivity index (χ0v) is 13.6. The highest BCUT2D eigenvalue weighted by atomic mass is 19.1. The highest BCUT2D eigenvalue weighted by Gasteiger charge is 2.21. The number of nitrogens with zero attached hydrogens (tertiary/aromatic N) is 3. The fraction of sp³-hybridized carbons (Fsp3) is 0.333. The Morgan fingerprint density at radius 1 is 1.17 bits per heavy atom. The topological polar surface area (TPSA) is 45.7 Å². The molecule has 2 heterocycles. The molecule has 0 spiro atoms. The third kappa shape index (κ3) is 3.54. The molecule has 1 saturated heterocycles. The van der Waals surface area contributed by atoms with Crippen LogP contribution in [0.5, 0.6) is 0 Å². The van der Waals surface area contributed by atoms with Gasteiger partial charge in [-0.2, -0.15) is 0 Å². The van der Waals surface area contributed by atoms with E-state index in [0.29, 0.717) is 18.7 Å². The molecule has 1 aliphatic rings. The molecule has 5 nitrogen and oxygen atoms in total. The van der Waals surface area contributed by atoms with Gasteiger partial charge in [0, 0.05) is 50.6 Å². The number of amides is 1. The second kappa shape index (κ2) is 7.40. The summed E-state index contributed by atoms with van der Waals surface area (Å²) in [6, 6.07) is 10.4. The number of anilines is 1. The lowest BCUT2D eigenvalue weighted by atomic mass is 10.1. The van der Waals surface area contributed by atoms with Crippen molar-refractivity contribution in [1.29, 1.82) is 0 Å². The summed E-state index contributed by atoms with van der Waals surface area (Å²) >= 11 is 0. The summed E-state index contributed by atoms with van der Waals surface area (Å²) in [5, 5.41) is 0. The van der Waals surface area contributed by atoms with Crippen molar-refractivity contribution in [1.82, 2.24) is 9.88 Å². The van der Waals surface area contributed by atoms with Gasteiger partial charge in [0.15, 0.2) is 0 Å². The van der Waals surface area contributed by atoms with Crippen LogP contribution >= 0.6 is 0 Å². The molecule has 0 radical (unpaired) electrons. The largest absolute Gasteiger partial charge is 0.375 e. The van der Waals surface area contributed by atoms with Gasteiger partial charge in [0.05, 0.1) is 0 Å². The maximum absolute atomic E-state index is 13.8. The molecule has 1 aromatic carbocycles. The van der Waals surface area contributed by atoms with Crippen molar-refractivity contribution < 1.29 is 13.9 Å². The maximum Gasteiger partial charge on any atom is 0.248 e. The number of halogens is 1. The average Bonchev–Trinajstić information content (AvgIpc) is 2.63.